The monoisotopic (exact) mass is 318 g/mol. The van der Waals surface area contributed by atoms with Gasteiger partial charge in [-0.25, -0.2) is 0 Å². The third-order valence-electron chi connectivity index (χ3n) is 2.61. The lowest BCUT2D eigenvalue weighted by Crippen LogP contribution is -2.31. The number of rotatable bonds is 4. The Morgan fingerprint density at radius 3 is 2.63 bits per heavy atom. The molecule has 1 amide bonds. The van der Waals surface area contributed by atoms with Gasteiger partial charge in [0, 0.05) is 12.2 Å². The normalized spacial score (nSPS) is 9.89. The Morgan fingerprint density at radius 1 is 1.32 bits per heavy atom. The Kier molecular flexibility index (Phi) is 4.37. The molecule has 0 atom stereocenters. The minimum absolute atomic E-state index is 0.193. The number of nitriles is 1. The number of para-hydroxylation sites is 1. The Balaban J connectivity index is 2.31. The zero-order valence-corrected chi connectivity index (χ0v) is 11.6. The number of benzene rings is 1. The fourth-order valence-corrected chi connectivity index (χ4v) is 2.12. The highest BCUT2D eigenvalue weighted by Gasteiger charge is 2.21. The van der Waals surface area contributed by atoms with Crippen molar-refractivity contribution in [3.05, 3.63) is 52.9 Å². The fourth-order valence-electron chi connectivity index (χ4n) is 1.71. The summed E-state index contributed by atoms with van der Waals surface area (Å²) in [6.07, 6.45) is 1.72. The van der Waals surface area contributed by atoms with Crippen molar-refractivity contribution < 1.29 is 9.21 Å². The number of furan rings is 1. The first-order valence-electron chi connectivity index (χ1n) is 5.71. The van der Waals surface area contributed by atoms with E-state index in [1.54, 1.807) is 11.0 Å². The van der Waals surface area contributed by atoms with E-state index in [0.29, 0.717) is 16.8 Å². The molecule has 2 rings (SSSR count). The van der Waals surface area contributed by atoms with E-state index in [1.165, 1.54) is 6.26 Å². The number of halogens is 1. The van der Waals surface area contributed by atoms with Crippen molar-refractivity contribution in [1.29, 1.82) is 5.26 Å². The SMILES string of the molecule is N#CCCN(C(=O)c1ccoc1Br)c1ccccc1. The van der Waals surface area contributed by atoms with Crippen LogP contribution in [0.3, 0.4) is 0 Å². The van der Waals surface area contributed by atoms with Gasteiger partial charge >= 0.3 is 0 Å². The molecule has 4 nitrogen and oxygen atoms in total. The molecule has 1 aromatic heterocycles. The van der Waals surface area contributed by atoms with Crippen LogP contribution in [0.25, 0.3) is 0 Å². The van der Waals surface area contributed by atoms with Crippen molar-refractivity contribution in [3.8, 4) is 6.07 Å². The lowest BCUT2D eigenvalue weighted by atomic mass is 10.2. The van der Waals surface area contributed by atoms with Crippen molar-refractivity contribution in [2.75, 3.05) is 11.4 Å². The Morgan fingerprint density at radius 2 is 2.05 bits per heavy atom. The standard InChI is InChI=1S/C14H11BrN2O2/c15-13-12(7-10-19-13)14(18)17(9-4-8-16)11-5-2-1-3-6-11/h1-3,5-7,10H,4,9H2. The Hall–Kier alpha value is -2.06. The molecule has 2 aromatic rings. The van der Waals surface area contributed by atoms with Gasteiger partial charge in [0.25, 0.3) is 5.91 Å². The minimum atomic E-state index is -0.193. The fraction of sp³-hybridized carbons (Fsp3) is 0.143. The van der Waals surface area contributed by atoms with Crippen LogP contribution in [0.1, 0.15) is 16.8 Å². The van der Waals surface area contributed by atoms with Gasteiger partial charge in [0.2, 0.25) is 0 Å². The molecule has 0 spiro atoms. The lowest BCUT2D eigenvalue weighted by molar-refractivity contribution is 0.0986. The van der Waals surface area contributed by atoms with E-state index in [9.17, 15) is 4.79 Å². The van der Waals surface area contributed by atoms with Gasteiger partial charge in [0.1, 0.15) is 0 Å². The topological polar surface area (TPSA) is 57.2 Å². The van der Waals surface area contributed by atoms with Crippen molar-refractivity contribution in [3.63, 3.8) is 0 Å². The summed E-state index contributed by atoms with van der Waals surface area (Å²) in [5.74, 6) is -0.193. The molecule has 0 N–H and O–H groups in total. The predicted octanol–water partition coefficient (Wildman–Crippen LogP) is 3.60. The van der Waals surface area contributed by atoms with Crippen LogP contribution in [-0.2, 0) is 0 Å². The summed E-state index contributed by atoms with van der Waals surface area (Å²) in [6.45, 7) is 0.344. The third-order valence-corrected chi connectivity index (χ3v) is 3.22. The van der Waals surface area contributed by atoms with E-state index in [-0.39, 0.29) is 12.3 Å². The molecule has 1 heterocycles. The highest BCUT2D eigenvalue weighted by Crippen LogP contribution is 2.23. The molecule has 0 aliphatic carbocycles. The number of carbonyl (C=O) groups excluding carboxylic acids is 1. The second kappa shape index (κ2) is 6.21. The average molecular weight is 319 g/mol. The molecule has 0 bridgehead atoms. The van der Waals surface area contributed by atoms with Gasteiger partial charge in [-0.2, -0.15) is 5.26 Å². The summed E-state index contributed by atoms with van der Waals surface area (Å²) >= 11 is 3.20. The Labute approximate surface area is 119 Å². The highest BCUT2D eigenvalue weighted by atomic mass is 79.9. The van der Waals surface area contributed by atoms with Crippen LogP contribution >= 0.6 is 15.9 Å². The highest BCUT2D eigenvalue weighted by molar-refractivity contribution is 9.10. The maximum atomic E-state index is 12.5. The van der Waals surface area contributed by atoms with Crippen LogP contribution < -0.4 is 4.90 Å². The number of amides is 1. The van der Waals surface area contributed by atoms with E-state index < -0.39 is 0 Å². The molecule has 0 saturated heterocycles. The van der Waals surface area contributed by atoms with Crippen LogP contribution in [-0.4, -0.2) is 12.5 Å². The molecule has 0 unspecified atom stereocenters. The predicted molar refractivity (Wildman–Crippen MR) is 74.8 cm³/mol. The van der Waals surface area contributed by atoms with Crippen molar-refractivity contribution >= 4 is 27.5 Å². The molecule has 19 heavy (non-hydrogen) atoms. The molecule has 0 fully saturated rings. The Bertz CT molecular complexity index is 601. The summed E-state index contributed by atoms with van der Waals surface area (Å²) < 4.78 is 5.48. The average Bonchev–Trinajstić information content (AvgIpc) is 2.86. The first kappa shape index (κ1) is 13.4. The summed E-state index contributed by atoms with van der Waals surface area (Å²) in [5.41, 5.74) is 1.21. The van der Waals surface area contributed by atoms with E-state index in [1.807, 2.05) is 30.3 Å². The van der Waals surface area contributed by atoms with Crippen molar-refractivity contribution in [1.82, 2.24) is 0 Å². The van der Waals surface area contributed by atoms with Crippen LogP contribution in [0, 0.1) is 11.3 Å². The summed E-state index contributed by atoms with van der Waals surface area (Å²) in [6, 6.07) is 12.9. The van der Waals surface area contributed by atoms with E-state index in [0.717, 1.165) is 5.69 Å². The minimum Gasteiger partial charge on any atom is -0.457 e. The molecule has 96 valence electrons. The first-order valence-corrected chi connectivity index (χ1v) is 6.50. The largest absolute Gasteiger partial charge is 0.457 e. The summed E-state index contributed by atoms with van der Waals surface area (Å²) in [5, 5.41) is 8.71. The maximum Gasteiger partial charge on any atom is 0.262 e. The van der Waals surface area contributed by atoms with Gasteiger partial charge < -0.3 is 9.32 Å². The van der Waals surface area contributed by atoms with E-state index in [2.05, 4.69) is 22.0 Å². The summed E-state index contributed by atoms with van der Waals surface area (Å²) in [7, 11) is 0. The van der Waals surface area contributed by atoms with Gasteiger partial charge in [-0.05, 0) is 34.1 Å². The number of nitrogens with zero attached hydrogens (tertiary/aromatic N) is 2. The van der Waals surface area contributed by atoms with Gasteiger partial charge in [-0.3, -0.25) is 4.79 Å². The maximum absolute atomic E-state index is 12.5. The summed E-state index contributed by atoms with van der Waals surface area (Å²) in [4.78, 5) is 14.0. The number of carbonyl (C=O) groups is 1. The van der Waals surface area contributed by atoms with Crippen molar-refractivity contribution in [2.45, 2.75) is 6.42 Å². The molecule has 0 radical (unpaired) electrons. The molecule has 0 aliphatic heterocycles. The lowest BCUT2D eigenvalue weighted by Gasteiger charge is -2.21. The second-order valence-corrected chi connectivity index (χ2v) is 4.53. The van der Waals surface area contributed by atoms with Crippen LogP contribution in [0.4, 0.5) is 5.69 Å². The number of hydrogen-bond acceptors (Lipinski definition) is 3. The third kappa shape index (κ3) is 3.04. The first-order chi connectivity index (χ1) is 9.24. The van der Waals surface area contributed by atoms with Crippen LogP contribution in [0.5, 0.6) is 0 Å². The van der Waals surface area contributed by atoms with Gasteiger partial charge in [0.15, 0.2) is 4.67 Å². The van der Waals surface area contributed by atoms with Gasteiger partial charge in [-0.1, -0.05) is 18.2 Å². The molecular formula is C14H11BrN2O2. The van der Waals surface area contributed by atoms with Gasteiger partial charge in [0.05, 0.1) is 24.3 Å². The van der Waals surface area contributed by atoms with E-state index in [4.69, 9.17) is 9.68 Å². The molecule has 1 aromatic carbocycles. The van der Waals surface area contributed by atoms with Crippen LogP contribution in [0.15, 0.2) is 51.7 Å². The molecule has 5 heteroatoms. The number of hydrogen-bond donors (Lipinski definition) is 0. The van der Waals surface area contributed by atoms with Crippen LogP contribution in [0.2, 0.25) is 0 Å². The number of anilines is 1. The smallest absolute Gasteiger partial charge is 0.262 e. The molecular weight excluding hydrogens is 308 g/mol. The zero-order chi connectivity index (χ0) is 13.7. The quantitative estimate of drug-likeness (QED) is 0.865. The second-order valence-electron chi connectivity index (χ2n) is 3.81. The van der Waals surface area contributed by atoms with E-state index >= 15 is 0 Å². The van der Waals surface area contributed by atoms with Crippen molar-refractivity contribution in [2.24, 2.45) is 0 Å². The molecule has 0 aliphatic rings. The molecule has 0 saturated carbocycles. The van der Waals surface area contributed by atoms with Gasteiger partial charge in [-0.15, -0.1) is 0 Å². The zero-order valence-electron chi connectivity index (χ0n) is 10.0.